The number of aromatic nitrogens is 3. The van der Waals surface area contributed by atoms with Crippen LogP contribution >= 0.6 is 11.3 Å². The van der Waals surface area contributed by atoms with Crippen molar-refractivity contribution in [2.75, 3.05) is 0 Å². The van der Waals surface area contributed by atoms with Crippen LogP contribution in [0.15, 0.2) is 42.9 Å². The topological polar surface area (TPSA) is 38.7 Å². The lowest BCUT2D eigenvalue weighted by atomic mass is 10.0. The maximum atomic E-state index is 4.86. The molecule has 0 fully saturated rings. The van der Waals surface area contributed by atoms with Crippen LogP contribution in [0.5, 0.6) is 0 Å². The lowest BCUT2D eigenvalue weighted by Crippen LogP contribution is -1.90. The summed E-state index contributed by atoms with van der Waals surface area (Å²) in [4.78, 5) is 14.8. The normalized spacial score (nSPS) is 11.3. The lowest BCUT2D eigenvalue weighted by molar-refractivity contribution is 1.31. The van der Waals surface area contributed by atoms with Gasteiger partial charge in [0, 0.05) is 34.4 Å². The molecule has 0 aliphatic carbocycles. The van der Waals surface area contributed by atoms with Gasteiger partial charge in [0.15, 0.2) is 0 Å². The molecule has 0 aliphatic heterocycles. The van der Waals surface area contributed by atoms with E-state index in [1.807, 2.05) is 42.9 Å². The van der Waals surface area contributed by atoms with E-state index in [0.29, 0.717) is 0 Å². The van der Waals surface area contributed by atoms with Gasteiger partial charge in [0.2, 0.25) is 0 Å². The van der Waals surface area contributed by atoms with Gasteiger partial charge in [0.1, 0.15) is 5.52 Å². The number of nitrogens with zero attached hydrogens (tertiary/aromatic N) is 3. The molecular weight excluding hydrogens is 278 g/mol. The molecule has 4 heterocycles. The van der Waals surface area contributed by atoms with Gasteiger partial charge in [-0.3, -0.25) is 9.97 Å². The van der Waals surface area contributed by atoms with E-state index in [4.69, 9.17) is 4.98 Å². The maximum Gasteiger partial charge on any atom is 0.106 e. The van der Waals surface area contributed by atoms with Gasteiger partial charge in [-0.15, -0.1) is 11.3 Å². The number of rotatable bonds is 1. The molecule has 4 rings (SSSR count). The molecule has 4 heteroatoms. The fourth-order valence-corrected chi connectivity index (χ4v) is 3.80. The highest BCUT2D eigenvalue weighted by molar-refractivity contribution is 7.20. The number of hydrogen-bond donors (Lipinski definition) is 0. The number of pyridine rings is 3. The molecule has 0 N–H and O–H groups in total. The Hall–Kier alpha value is -2.33. The highest BCUT2D eigenvalue weighted by Gasteiger charge is 2.16. The second-order valence-electron chi connectivity index (χ2n) is 5.05. The fraction of sp³-hybridized carbons (Fsp3) is 0.118. The van der Waals surface area contributed by atoms with Crippen molar-refractivity contribution in [1.82, 2.24) is 15.0 Å². The van der Waals surface area contributed by atoms with E-state index in [9.17, 15) is 0 Å². The van der Waals surface area contributed by atoms with E-state index in [1.54, 1.807) is 11.3 Å². The summed E-state index contributed by atoms with van der Waals surface area (Å²) in [5.41, 5.74) is 5.35. The Labute approximate surface area is 126 Å². The number of hydrogen-bond acceptors (Lipinski definition) is 4. The third-order valence-electron chi connectivity index (χ3n) is 3.81. The summed E-state index contributed by atoms with van der Waals surface area (Å²) < 4.78 is 1.22. The molecule has 21 heavy (non-hydrogen) atoms. The van der Waals surface area contributed by atoms with Crippen molar-refractivity contribution in [3.05, 3.63) is 53.3 Å². The van der Waals surface area contributed by atoms with E-state index in [2.05, 4.69) is 23.8 Å². The Bertz CT molecular complexity index is 958. The van der Waals surface area contributed by atoms with Crippen molar-refractivity contribution in [3.8, 4) is 11.3 Å². The van der Waals surface area contributed by atoms with Gasteiger partial charge < -0.3 is 0 Å². The van der Waals surface area contributed by atoms with Gasteiger partial charge in [0.25, 0.3) is 0 Å². The first-order chi connectivity index (χ1) is 10.3. The SMILES string of the molecule is Cc1sc2c(c(-c3ccncc3)nc3cccnc32)c1C. The lowest BCUT2D eigenvalue weighted by Gasteiger charge is -2.07. The summed E-state index contributed by atoms with van der Waals surface area (Å²) in [5, 5.41) is 1.22. The van der Waals surface area contributed by atoms with Crippen LogP contribution in [-0.4, -0.2) is 15.0 Å². The monoisotopic (exact) mass is 291 g/mol. The summed E-state index contributed by atoms with van der Waals surface area (Å²) in [6.45, 7) is 4.32. The second-order valence-corrected chi connectivity index (χ2v) is 6.28. The van der Waals surface area contributed by atoms with Gasteiger partial charge in [-0.05, 0) is 43.7 Å². The number of thiophene rings is 1. The quantitative estimate of drug-likeness (QED) is 0.517. The minimum absolute atomic E-state index is 0.943. The molecule has 0 unspecified atom stereocenters. The van der Waals surface area contributed by atoms with Gasteiger partial charge >= 0.3 is 0 Å². The van der Waals surface area contributed by atoms with Crippen LogP contribution in [0.25, 0.3) is 32.4 Å². The summed E-state index contributed by atoms with van der Waals surface area (Å²) in [5.74, 6) is 0. The highest BCUT2D eigenvalue weighted by atomic mass is 32.1. The molecule has 3 nitrogen and oxygen atoms in total. The minimum atomic E-state index is 0.943. The van der Waals surface area contributed by atoms with Crippen molar-refractivity contribution in [1.29, 1.82) is 0 Å². The van der Waals surface area contributed by atoms with Crippen molar-refractivity contribution < 1.29 is 0 Å². The number of fused-ring (bicyclic) bond motifs is 3. The standard InChI is InChI=1S/C17H13N3S/c1-10-11(2)21-17-14(10)15(12-5-8-18-9-6-12)20-13-4-3-7-19-16(13)17/h3-9H,1-2H3. The molecule has 0 aliphatic rings. The van der Waals surface area contributed by atoms with Gasteiger partial charge in [-0.25, -0.2) is 4.98 Å². The number of aryl methyl sites for hydroxylation is 2. The van der Waals surface area contributed by atoms with Gasteiger partial charge in [-0.2, -0.15) is 0 Å². The maximum absolute atomic E-state index is 4.86. The third kappa shape index (κ3) is 1.83. The zero-order valence-corrected chi connectivity index (χ0v) is 12.6. The molecule has 0 radical (unpaired) electrons. The molecule has 0 spiro atoms. The van der Waals surface area contributed by atoms with Crippen molar-refractivity contribution in [2.24, 2.45) is 0 Å². The molecule has 4 aromatic rings. The predicted molar refractivity (Wildman–Crippen MR) is 87.6 cm³/mol. The van der Waals surface area contributed by atoms with Gasteiger partial charge in [-0.1, -0.05) is 0 Å². The molecule has 0 saturated heterocycles. The van der Waals surface area contributed by atoms with Crippen molar-refractivity contribution in [3.63, 3.8) is 0 Å². The molecule has 0 saturated carbocycles. The van der Waals surface area contributed by atoms with E-state index < -0.39 is 0 Å². The van der Waals surface area contributed by atoms with Crippen LogP contribution in [0.4, 0.5) is 0 Å². The zero-order valence-electron chi connectivity index (χ0n) is 11.8. The van der Waals surface area contributed by atoms with E-state index >= 15 is 0 Å². The second kappa shape index (κ2) is 4.60. The largest absolute Gasteiger partial charge is 0.265 e. The Balaban J connectivity index is 2.23. The molecule has 0 atom stereocenters. The third-order valence-corrected chi connectivity index (χ3v) is 5.02. The molecule has 102 valence electrons. The minimum Gasteiger partial charge on any atom is -0.265 e. The molecule has 0 amide bonds. The van der Waals surface area contributed by atoms with Crippen LogP contribution in [-0.2, 0) is 0 Å². The Kier molecular flexibility index (Phi) is 2.72. The fourth-order valence-electron chi connectivity index (χ4n) is 2.64. The molecule has 4 aromatic heterocycles. The van der Waals surface area contributed by atoms with Crippen molar-refractivity contribution in [2.45, 2.75) is 13.8 Å². The smallest absolute Gasteiger partial charge is 0.106 e. The van der Waals surface area contributed by atoms with Crippen molar-refractivity contribution >= 4 is 32.5 Å². The first-order valence-electron chi connectivity index (χ1n) is 6.80. The van der Waals surface area contributed by atoms with Crippen LogP contribution in [0.3, 0.4) is 0 Å². The molecular formula is C17H13N3S. The van der Waals surface area contributed by atoms with E-state index in [0.717, 1.165) is 22.3 Å². The first-order valence-corrected chi connectivity index (χ1v) is 7.62. The average Bonchev–Trinajstić information content (AvgIpc) is 2.83. The Morgan fingerprint density at radius 2 is 1.81 bits per heavy atom. The predicted octanol–water partition coefficient (Wildman–Crippen LogP) is 4.52. The van der Waals surface area contributed by atoms with Crippen LogP contribution in [0, 0.1) is 13.8 Å². The average molecular weight is 291 g/mol. The summed E-state index contributed by atoms with van der Waals surface area (Å²) in [7, 11) is 0. The molecule has 0 aromatic carbocycles. The van der Waals surface area contributed by atoms with Crippen LogP contribution in [0.1, 0.15) is 10.4 Å². The van der Waals surface area contributed by atoms with Crippen LogP contribution in [0.2, 0.25) is 0 Å². The Morgan fingerprint density at radius 1 is 1.00 bits per heavy atom. The highest BCUT2D eigenvalue weighted by Crippen LogP contribution is 2.39. The summed E-state index contributed by atoms with van der Waals surface area (Å²) >= 11 is 1.80. The Morgan fingerprint density at radius 3 is 2.62 bits per heavy atom. The van der Waals surface area contributed by atoms with E-state index in [1.165, 1.54) is 20.5 Å². The van der Waals surface area contributed by atoms with Crippen LogP contribution < -0.4 is 0 Å². The molecule has 0 bridgehead atoms. The van der Waals surface area contributed by atoms with Gasteiger partial charge in [0.05, 0.1) is 15.9 Å². The summed E-state index contributed by atoms with van der Waals surface area (Å²) in [6.07, 6.45) is 5.45. The first kappa shape index (κ1) is 12.4. The zero-order chi connectivity index (χ0) is 14.4. The summed E-state index contributed by atoms with van der Waals surface area (Å²) in [6, 6.07) is 7.98. The van der Waals surface area contributed by atoms with E-state index in [-0.39, 0.29) is 0 Å².